The van der Waals surface area contributed by atoms with E-state index in [0.717, 1.165) is 85.7 Å². The molecule has 0 aliphatic carbocycles. The molecule has 0 N–H and O–H groups in total. The van der Waals surface area contributed by atoms with Crippen molar-refractivity contribution in [2.45, 2.75) is 19.6 Å². The van der Waals surface area contributed by atoms with E-state index >= 15 is 0 Å². The molecular weight excluding hydrogens is 1400 g/mol. The Kier molecular flexibility index (Phi) is 13.6. The first-order valence-electron chi connectivity index (χ1n) is 33.5. The van der Waals surface area contributed by atoms with Gasteiger partial charge in [0.1, 0.15) is 0 Å². The van der Waals surface area contributed by atoms with E-state index in [1.165, 1.54) is 84.0 Å². The summed E-state index contributed by atoms with van der Waals surface area (Å²) < 4.78 is 65.6. The monoisotopic (exact) mass is 1450 g/mol. The van der Waals surface area contributed by atoms with Crippen molar-refractivity contribution in [3.05, 3.63) is 301 Å². The van der Waals surface area contributed by atoms with Crippen LogP contribution in [0.3, 0.4) is 0 Å². The molecule has 13 aromatic carbocycles. The summed E-state index contributed by atoms with van der Waals surface area (Å²) in [5.41, 5.74) is 21.6. The Morgan fingerprint density at radius 2 is 0.431 bits per heavy atom. The second kappa shape index (κ2) is 23.0. The van der Waals surface area contributed by atoms with Gasteiger partial charge in [-0.15, -0.1) is 68.0 Å². The third-order valence-corrected chi connectivity index (χ3v) is 30.6. The zero-order valence-electron chi connectivity index (χ0n) is 53.8. The van der Waals surface area contributed by atoms with Crippen molar-refractivity contribution in [1.29, 1.82) is 0 Å². The molecule has 2 aliphatic heterocycles. The smallest absolute Gasteiger partial charge is 0.207 e. The molecule has 0 radical (unpaired) electrons. The molecule has 19 aromatic rings. The van der Waals surface area contributed by atoms with Gasteiger partial charge in [-0.25, -0.2) is 16.8 Å². The SMILES string of the molecule is O=S1(=O)c2ccc(-c3ccc(-c4c5ccsc5c(-c5ccccc5)c5cc(-c6ccc7c(c6)-c6cc(-c8cc9c(-c%10ccccc%10)c%10sccc%10c(-c%10ccccc%10)c9s8)ccc6S7(=O)=O)sc45)cc3)cc2-c2cc(-c3cc4c(-c5ccccc5)c5sccc5c(-c5ccccc5)c4s3)ccc21. The van der Waals surface area contributed by atoms with Crippen LogP contribution in [0, 0.1) is 0 Å². The Morgan fingerprint density at radius 3 is 0.725 bits per heavy atom. The van der Waals surface area contributed by atoms with Gasteiger partial charge in [-0.3, -0.25) is 0 Å². The number of hydrogen-bond donors (Lipinski definition) is 0. The molecule has 0 bridgehead atoms. The van der Waals surface area contributed by atoms with Crippen molar-refractivity contribution in [1.82, 2.24) is 0 Å². The van der Waals surface area contributed by atoms with E-state index in [9.17, 15) is 16.8 Å². The lowest BCUT2D eigenvalue weighted by atomic mass is 9.92. The predicted molar refractivity (Wildman–Crippen MR) is 435 cm³/mol. The molecule has 0 spiro atoms. The first kappa shape index (κ1) is 60.3. The lowest BCUT2D eigenvalue weighted by molar-refractivity contribution is 0.597. The Labute approximate surface area is 611 Å². The van der Waals surface area contributed by atoms with E-state index in [1.54, 1.807) is 80.2 Å². The maximum Gasteiger partial charge on any atom is 0.207 e. The fourth-order valence-electron chi connectivity index (χ4n) is 15.9. The number of benzene rings is 13. The van der Waals surface area contributed by atoms with E-state index in [0.29, 0.717) is 41.8 Å². The van der Waals surface area contributed by atoms with Crippen molar-refractivity contribution >= 4 is 148 Å². The molecule has 0 fully saturated rings. The summed E-state index contributed by atoms with van der Waals surface area (Å²) in [6.07, 6.45) is 0. The molecule has 0 saturated heterocycles. The van der Waals surface area contributed by atoms with Crippen LogP contribution in [0.2, 0.25) is 0 Å². The molecule has 102 heavy (non-hydrogen) atoms. The van der Waals surface area contributed by atoms with Gasteiger partial charge in [-0.05, 0) is 162 Å². The van der Waals surface area contributed by atoms with Crippen LogP contribution in [-0.4, -0.2) is 16.8 Å². The minimum Gasteiger partial charge on any atom is -0.218 e. The Hall–Kier alpha value is -10.5. The van der Waals surface area contributed by atoms with Crippen LogP contribution in [0.15, 0.2) is 321 Å². The van der Waals surface area contributed by atoms with E-state index in [4.69, 9.17) is 0 Å². The molecule has 0 unspecified atom stereocenters. The highest BCUT2D eigenvalue weighted by Gasteiger charge is 2.36. The van der Waals surface area contributed by atoms with Crippen molar-refractivity contribution in [3.8, 4) is 131 Å². The first-order valence-corrected chi connectivity index (χ1v) is 41.5. The van der Waals surface area contributed by atoms with Crippen LogP contribution in [0.25, 0.3) is 192 Å². The van der Waals surface area contributed by atoms with Gasteiger partial charge in [0.25, 0.3) is 0 Å². The summed E-state index contributed by atoms with van der Waals surface area (Å²) in [7, 11) is -7.61. The average Bonchev–Trinajstić information content (AvgIpc) is 1.56. The minimum absolute atomic E-state index is 0.320. The Morgan fingerprint density at radius 1 is 0.196 bits per heavy atom. The molecule has 4 nitrogen and oxygen atoms in total. The number of sulfone groups is 2. The second-order valence-electron chi connectivity index (χ2n) is 26.1. The van der Waals surface area contributed by atoms with Gasteiger partial charge in [0.2, 0.25) is 19.7 Å². The maximum atomic E-state index is 14.7. The van der Waals surface area contributed by atoms with Gasteiger partial charge in [0.05, 0.1) is 19.6 Å². The molecule has 6 aromatic heterocycles. The quantitative estimate of drug-likeness (QED) is 0.137. The fraction of sp³-hybridized carbons (Fsp3) is 0. The fourth-order valence-corrected chi connectivity index (χ4v) is 25.9. The summed E-state index contributed by atoms with van der Waals surface area (Å²) >= 11 is 10.6. The highest BCUT2D eigenvalue weighted by molar-refractivity contribution is 7.92. The molecule has 21 rings (SSSR count). The normalized spacial score (nSPS) is 13.4. The van der Waals surface area contributed by atoms with E-state index in [2.05, 4.69) is 253 Å². The van der Waals surface area contributed by atoms with Crippen LogP contribution < -0.4 is 0 Å². The Balaban J connectivity index is 0.662. The number of hydrogen-bond acceptors (Lipinski definition) is 10. The number of fused-ring (bicyclic) bond motifs is 12. The molecule has 2 aliphatic rings. The van der Waals surface area contributed by atoms with Gasteiger partial charge in [0.15, 0.2) is 0 Å². The lowest BCUT2D eigenvalue weighted by Crippen LogP contribution is -1.96. The highest BCUT2D eigenvalue weighted by Crippen LogP contribution is 2.57. The summed E-state index contributed by atoms with van der Waals surface area (Å²) in [4.78, 5) is 4.47. The first-order chi connectivity index (χ1) is 50.1. The van der Waals surface area contributed by atoms with Gasteiger partial charge < -0.3 is 0 Å². The van der Waals surface area contributed by atoms with E-state index < -0.39 is 19.7 Å². The van der Waals surface area contributed by atoms with Crippen LogP contribution in [-0.2, 0) is 19.7 Å². The topological polar surface area (TPSA) is 68.3 Å². The third kappa shape index (κ3) is 9.11. The van der Waals surface area contributed by atoms with Crippen LogP contribution in [0.1, 0.15) is 0 Å². The Bertz CT molecular complexity index is 6800. The van der Waals surface area contributed by atoms with Crippen molar-refractivity contribution in [2.75, 3.05) is 0 Å². The second-order valence-corrected chi connectivity index (χ2v) is 35.7. The van der Waals surface area contributed by atoms with Gasteiger partial charge in [-0.2, -0.15) is 0 Å². The summed E-state index contributed by atoms with van der Waals surface area (Å²) in [6.45, 7) is 0. The summed E-state index contributed by atoms with van der Waals surface area (Å²) in [5, 5.41) is 13.7. The van der Waals surface area contributed by atoms with E-state index in [-0.39, 0.29) is 0 Å². The molecule has 0 atom stereocenters. The molecule has 482 valence electrons. The lowest BCUT2D eigenvalue weighted by Gasteiger charge is -2.13. The average molecular weight is 1450 g/mol. The van der Waals surface area contributed by atoms with Gasteiger partial charge in [0, 0.05) is 131 Å². The molecule has 0 amide bonds. The van der Waals surface area contributed by atoms with Crippen molar-refractivity contribution in [3.63, 3.8) is 0 Å². The zero-order chi connectivity index (χ0) is 67.7. The molecule has 0 saturated carbocycles. The molecule has 12 heteroatoms. The van der Waals surface area contributed by atoms with Gasteiger partial charge in [-0.1, -0.05) is 200 Å². The largest absolute Gasteiger partial charge is 0.218 e. The van der Waals surface area contributed by atoms with Crippen LogP contribution >= 0.6 is 68.0 Å². The standard InChI is InChI=1S/C90H50O4S8/c91-101(92)75-34-30-58(44-65(75)66-45-59(31-35-76(66)101)72-48-69-82(54-20-10-3-11-21-54)85-62(38-41-95-85)79(88(69)98-72)52-16-6-1-7-17-52)51-26-28-57(29-27-51)81-64-40-43-97-87(64)84(56-24-14-5-15-25-56)71-50-74(100-90(71)81)61-33-37-78-68(47-61)67-46-60(32-36-77(67)102(78,93)94)73-49-70-83(55-22-12-4-13-23-55)86-63(39-42-96-86)80(89(70)99-73)53-18-8-2-9-19-53/h1-50H. The number of thiophene rings is 6. The maximum absolute atomic E-state index is 14.7. The molecule has 8 heterocycles. The van der Waals surface area contributed by atoms with Crippen LogP contribution in [0.5, 0.6) is 0 Å². The summed E-state index contributed by atoms with van der Waals surface area (Å²) in [6, 6.07) is 99.2. The zero-order valence-corrected chi connectivity index (χ0v) is 60.3. The summed E-state index contributed by atoms with van der Waals surface area (Å²) in [5.74, 6) is 0. The highest BCUT2D eigenvalue weighted by atomic mass is 32.2. The predicted octanol–water partition coefficient (Wildman–Crippen LogP) is 27.3. The third-order valence-electron chi connectivity index (χ3n) is 20.5. The number of rotatable bonds is 10. The van der Waals surface area contributed by atoms with Crippen molar-refractivity contribution < 1.29 is 16.8 Å². The minimum atomic E-state index is -3.82. The van der Waals surface area contributed by atoms with Gasteiger partial charge >= 0.3 is 0 Å². The van der Waals surface area contributed by atoms with Crippen molar-refractivity contribution in [2.24, 2.45) is 0 Å². The molecular formula is C90H50O4S8. The van der Waals surface area contributed by atoms with E-state index in [1.807, 2.05) is 36.4 Å². The van der Waals surface area contributed by atoms with Crippen LogP contribution in [0.4, 0.5) is 0 Å².